The first kappa shape index (κ1) is 9.71. The topological polar surface area (TPSA) is 44.5 Å². The van der Waals surface area contributed by atoms with E-state index in [-0.39, 0.29) is 0 Å². The molecule has 0 saturated heterocycles. The van der Waals surface area contributed by atoms with Gasteiger partial charge in [-0.2, -0.15) is 0 Å². The molecule has 0 aliphatic heterocycles. The van der Waals surface area contributed by atoms with Gasteiger partial charge in [-0.25, -0.2) is 0 Å². The smallest absolute Gasteiger partial charge is 0.127 e. The second-order valence-corrected chi connectivity index (χ2v) is 2.75. The van der Waals surface area contributed by atoms with Gasteiger partial charge in [0.1, 0.15) is 11.5 Å². The van der Waals surface area contributed by atoms with Gasteiger partial charge >= 0.3 is 0 Å². The van der Waals surface area contributed by atoms with Gasteiger partial charge in [0.2, 0.25) is 0 Å². The fourth-order valence-corrected chi connectivity index (χ4v) is 1.32. The van der Waals surface area contributed by atoms with E-state index in [1.54, 1.807) is 20.3 Å². The summed E-state index contributed by atoms with van der Waals surface area (Å²) in [6.07, 6.45) is 0.860. The van der Waals surface area contributed by atoms with Crippen molar-refractivity contribution in [3.8, 4) is 11.5 Å². The number of benzene rings is 1. The second-order valence-electron chi connectivity index (χ2n) is 2.75. The fraction of sp³-hybridized carbons (Fsp3) is 0.400. The molecule has 3 heteroatoms. The summed E-state index contributed by atoms with van der Waals surface area (Å²) >= 11 is 0. The number of hydrogen-bond donors (Lipinski definition) is 1. The van der Waals surface area contributed by atoms with Crippen LogP contribution in [0.1, 0.15) is 12.5 Å². The van der Waals surface area contributed by atoms with Crippen molar-refractivity contribution in [2.45, 2.75) is 13.3 Å². The number of nitrogen functional groups attached to an aromatic ring is 1. The lowest BCUT2D eigenvalue weighted by Gasteiger charge is -2.11. The average molecular weight is 181 g/mol. The SMILES string of the molecule is CCc1c(N)cc(OC)cc1OC. The first-order chi connectivity index (χ1) is 6.22. The van der Waals surface area contributed by atoms with Gasteiger partial charge in [0.25, 0.3) is 0 Å². The minimum atomic E-state index is 0.721. The third-order valence-electron chi connectivity index (χ3n) is 2.03. The zero-order chi connectivity index (χ0) is 9.84. The number of anilines is 1. The Morgan fingerprint density at radius 2 is 1.92 bits per heavy atom. The molecule has 3 nitrogen and oxygen atoms in total. The van der Waals surface area contributed by atoms with E-state index in [4.69, 9.17) is 15.2 Å². The number of hydrogen-bond acceptors (Lipinski definition) is 3. The summed E-state index contributed by atoms with van der Waals surface area (Å²) in [5.41, 5.74) is 7.58. The molecule has 0 aliphatic rings. The molecule has 0 bridgehead atoms. The number of methoxy groups -OCH3 is 2. The minimum Gasteiger partial charge on any atom is -0.497 e. The van der Waals surface area contributed by atoms with E-state index in [9.17, 15) is 0 Å². The van der Waals surface area contributed by atoms with E-state index >= 15 is 0 Å². The lowest BCUT2D eigenvalue weighted by atomic mass is 10.1. The highest BCUT2D eigenvalue weighted by Crippen LogP contribution is 2.30. The molecule has 0 fully saturated rings. The highest BCUT2D eigenvalue weighted by atomic mass is 16.5. The molecule has 0 atom stereocenters. The molecule has 0 unspecified atom stereocenters. The van der Waals surface area contributed by atoms with Crippen molar-refractivity contribution in [2.75, 3.05) is 20.0 Å². The standard InChI is InChI=1S/C10H15NO2/c1-4-8-9(11)5-7(12-2)6-10(8)13-3/h5-6H,4,11H2,1-3H3. The normalized spacial score (nSPS) is 9.77. The Balaban J connectivity index is 3.20. The minimum absolute atomic E-state index is 0.721. The van der Waals surface area contributed by atoms with Gasteiger partial charge in [0.05, 0.1) is 14.2 Å². The van der Waals surface area contributed by atoms with Gasteiger partial charge in [-0.15, -0.1) is 0 Å². The maximum atomic E-state index is 5.82. The van der Waals surface area contributed by atoms with Crippen LogP contribution in [-0.2, 0) is 6.42 Å². The molecule has 0 heterocycles. The highest BCUT2D eigenvalue weighted by molar-refractivity contribution is 5.58. The summed E-state index contributed by atoms with van der Waals surface area (Å²) in [7, 11) is 3.24. The van der Waals surface area contributed by atoms with Crippen LogP contribution in [0.4, 0.5) is 5.69 Å². The summed E-state index contributed by atoms with van der Waals surface area (Å²) < 4.78 is 10.3. The fourth-order valence-electron chi connectivity index (χ4n) is 1.32. The molecule has 1 aromatic rings. The van der Waals surface area contributed by atoms with E-state index in [0.29, 0.717) is 0 Å². The van der Waals surface area contributed by atoms with Gasteiger partial charge in [-0.1, -0.05) is 6.92 Å². The van der Waals surface area contributed by atoms with Gasteiger partial charge < -0.3 is 15.2 Å². The summed E-state index contributed by atoms with van der Waals surface area (Å²) in [5.74, 6) is 1.52. The Labute approximate surface area is 78.5 Å². The Hall–Kier alpha value is -1.38. The maximum Gasteiger partial charge on any atom is 0.127 e. The van der Waals surface area contributed by atoms with Crippen LogP contribution >= 0.6 is 0 Å². The van der Waals surface area contributed by atoms with Gasteiger partial charge in [0, 0.05) is 23.4 Å². The Morgan fingerprint density at radius 1 is 1.23 bits per heavy atom. The predicted molar refractivity (Wildman–Crippen MR) is 53.3 cm³/mol. The molecule has 1 aromatic carbocycles. The van der Waals surface area contributed by atoms with Gasteiger partial charge in [-0.3, -0.25) is 0 Å². The van der Waals surface area contributed by atoms with Crippen molar-refractivity contribution in [2.24, 2.45) is 0 Å². The number of rotatable bonds is 3. The maximum absolute atomic E-state index is 5.82. The van der Waals surface area contributed by atoms with E-state index < -0.39 is 0 Å². The Kier molecular flexibility index (Phi) is 3.01. The molecule has 0 radical (unpaired) electrons. The molecule has 0 amide bonds. The number of nitrogens with two attached hydrogens (primary N) is 1. The van der Waals surface area contributed by atoms with E-state index in [0.717, 1.165) is 29.2 Å². The molecule has 0 aliphatic carbocycles. The van der Waals surface area contributed by atoms with Crippen LogP contribution in [0.3, 0.4) is 0 Å². The second kappa shape index (κ2) is 4.03. The predicted octanol–water partition coefficient (Wildman–Crippen LogP) is 1.85. The van der Waals surface area contributed by atoms with Crippen molar-refractivity contribution < 1.29 is 9.47 Å². The molecule has 1 rings (SSSR count). The molecular weight excluding hydrogens is 166 g/mol. The van der Waals surface area contributed by atoms with E-state index in [1.165, 1.54) is 0 Å². The van der Waals surface area contributed by atoms with Crippen molar-refractivity contribution >= 4 is 5.69 Å². The van der Waals surface area contributed by atoms with Crippen LogP contribution in [0.5, 0.6) is 11.5 Å². The van der Waals surface area contributed by atoms with Crippen molar-refractivity contribution in [1.82, 2.24) is 0 Å². The van der Waals surface area contributed by atoms with E-state index in [2.05, 4.69) is 0 Å². The van der Waals surface area contributed by atoms with Crippen LogP contribution in [0.25, 0.3) is 0 Å². The quantitative estimate of drug-likeness (QED) is 0.724. The number of ether oxygens (including phenoxy) is 2. The van der Waals surface area contributed by atoms with Gasteiger partial charge in [0.15, 0.2) is 0 Å². The molecular formula is C10H15NO2. The van der Waals surface area contributed by atoms with Crippen LogP contribution in [0.2, 0.25) is 0 Å². The van der Waals surface area contributed by atoms with Gasteiger partial charge in [-0.05, 0) is 6.42 Å². The molecule has 72 valence electrons. The zero-order valence-corrected chi connectivity index (χ0v) is 8.26. The highest BCUT2D eigenvalue weighted by Gasteiger charge is 2.07. The summed E-state index contributed by atoms with van der Waals surface area (Å²) in [4.78, 5) is 0. The third kappa shape index (κ3) is 1.86. The van der Waals surface area contributed by atoms with Crippen molar-refractivity contribution in [3.63, 3.8) is 0 Å². The van der Waals surface area contributed by atoms with Crippen molar-refractivity contribution in [3.05, 3.63) is 17.7 Å². The molecule has 13 heavy (non-hydrogen) atoms. The Bertz CT molecular complexity index is 297. The first-order valence-electron chi connectivity index (χ1n) is 4.23. The molecule has 2 N–H and O–H groups in total. The zero-order valence-electron chi connectivity index (χ0n) is 8.26. The Morgan fingerprint density at radius 3 is 2.38 bits per heavy atom. The summed E-state index contributed by atoms with van der Waals surface area (Å²) in [6, 6.07) is 3.65. The lowest BCUT2D eigenvalue weighted by molar-refractivity contribution is 0.392. The lowest BCUT2D eigenvalue weighted by Crippen LogP contribution is -1.98. The first-order valence-corrected chi connectivity index (χ1v) is 4.23. The third-order valence-corrected chi connectivity index (χ3v) is 2.03. The largest absolute Gasteiger partial charge is 0.497 e. The average Bonchev–Trinajstić information content (AvgIpc) is 2.16. The van der Waals surface area contributed by atoms with Crippen molar-refractivity contribution in [1.29, 1.82) is 0 Å². The molecule has 0 aromatic heterocycles. The summed E-state index contributed by atoms with van der Waals surface area (Å²) in [6.45, 7) is 2.04. The monoisotopic (exact) mass is 181 g/mol. The summed E-state index contributed by atoms with van der Waals surface area (Å²) in [5, 5.41) is 0. The van der Waals surface area contributed by atoms with E-state index in [1.807, 2.05) is 13.0 Å². The van der Waals surface area contributed by atoms with Crippen LogP contribution < -0.4 is 15.2 Å². The van der Waals surface area contributed by atoms with Crippen LogP contribution in [0.15, 0.2) is 12.1 Å². The molecule has 0 saturated carbocycles. The van der Waals surface area contributed by atoms with Crippen LogP contribution in [-0.4, -0.2) is 14.2 Å². The van der Waals surface area contributed by atoms with Crippen LogP contribution in [0, 0.1) is 0 Å². The molecule has 0 spiro atoms.